The number of carbonyl (C=O) groups is 1. The molecular formula is C20H19NO3. The van der Waals surface area contributed by atoms with E-state index in [1.54, 1.807) is 4.90 Å². The number of fused-ring (bicyclic) bond motifs is 1. The minimum Gasteiger partial charge on any atom is -0.490 e. The molecule has 2 aliphatic rings. The summed E-state index contributed by atoms with van der Waals surface area (Å²) in [4.78, 5) is 13.9. The SMILES string of the molecule is O=C1CO[C@H](COc2cccc3c2C=CC3)CN1c1ccccc1. The molecule has 4 heteroatoms. The number of nitrogens with zero attached hydrogens (tertiary/aromatic N) is 1. The number of carbonyl (C=O) groups excluding carboxylic acids is 1. The molecule has 1 heterocycles. The van der Waals surface area contributed by atoms with Crippen LogP contribution < -0.4 is 9.64 Å². The first-order chi connectivity index (χ1) is 11.8. The molecule has 0 unspecified atom stereocenters. The van der Waals surface area contributed by atoms with Gasteiger partial charge in [-0.05, 0) is 30.2 Å². The molecule has 0 radical (unpaired) electrons. The number of ether oxygens (including phenoxy) is 2. The number of hydrogen-bond acceptors (Lipinski definition) is 3. The first kappa shape index (κ1) is 15.0. The summed E-state index contributed by atoms with van der Waals surface area (Å²) in [5, 5.41) is 0. The van der Waals surface area contributed by atoms with Crippen molar-refractivity contribution in [3.63, 3.8) is 0 Å². The van der Waals surface area contributed by atoms with Gasteiger partial charge in [-0.3, -0.25) is 4.79 Å². The highest BCUT2D eigenvalue weighted by Crippen LogP contribution is 2.29. The van der Waals surface area contributed by atoms with Crippen molar-refractivity contribution in [2.45, 2.75) is 12.5 Å². The van der Waals surface area contributed by atoms with Crippen molar-refractivity contribution in [2.24, 2.45) is 0 Å². The van der Waals surface area contributed by atoms with E-state index in [4.69, 9.17) is 9.47 Å². The minimum atomic E-state index is -0.135. The average molecular weight is 321 g/mol. The Morgan fingerprint density at radius 2 is 2.00 bits per heavy atom. The third-order valence-electron chi connectivity index (χ3n) is 4.40. The lowest BCUT2D eigenvalue weighted by molar-refractivity contribution is -0.130. The Kier molecular flexibility index (Phi) is 4.05. The highest BCUT2D eigenvalue weighted by atomic mass is 16.5. The van der Waals surface area contributed by atoms with E-state index in [-0.39, 0.29) is 18.6 Å². The van der Waals surface area contributed by atoms with Crippen LogP contribution in [-0.2, 0) is 16.0 Å². The smallest absolute Gasteiger partial charge is 0.253 e. The second kappa shape index (κ2) is 6.49. The van der Waals surface area contributed by atoms with Crippen LogP contribution in [0.3, 0.4) is 0 Å². The molecule has 1 amide bonds. The van der Waals surface area contributed by atoms with Crippen LogP contribution in [-0.4, -0.2) is 31.8 Å². The molecule has 0 N–H and O–H groups in total. The van der Waals surface area contributed by atoms with E-state index >= 15 is 0 Å². The summed E-state index contributed by atoms with van der Waals surface area (Å²) in [7, 11) is 0. The number of hydrogen-bond donors (Lipinski definition) is 0. The van der Waals surface area contributed by atoms with Crippen molar-refractivity contribution >= 4 is 17.7 Å². The van der Waals surface area contributed by atoms with E-state index in [1.807, 2.05) is 42.5 Å². The van der Waals surface area contributed by atoms with Gasteiger partial charge in [0, 0.05) is 11.3 Å². The second-order valence-electron chi connectivity index (χ2n) is 6.02. The summed E-state index contributed by atoms with van der Waals surface area (Å²) < 4.78 is 11.6. The molecule has 1 aliphatic carbocycles. The number of amides is 1. The van der Waals surface area contributed by atoms with Gasteiger partial charge in [0.25, 0.3) is 5.91 Å². The summed E-state index contributed by atoms with van der Waals surface area (Å²) in [6.45, 7) is 1.03. The van der Waals surface area contributed by atoms with E-state index in [9.17, 15) is 4.79 Å². The van der Waals surface area contributed by atoms with E-state index < -0.39 is 0 Å². The summed E-state index contributed by atoms with van der Waals surface area (Å²) in [6, 6.07) is 15.8. The predicted molar refractivity (Wildman–Crippen MR) is 93.2 cm³/mol. The maximum absolute atomic E-state index is 12.1. The van der Waals surface area contributed by atoms with Crippen molar-refractivity contribution in [1.82, 2.24) is 0 Å². The maximum atomic E-state index is 12.1. The molecule has 1 atom stereocenters. The molecule has 2 aromatic rings. The van der Waals surface area contributed by atoms with Crippen molar-refractivity contribution < 1.29 is 14.3 Å². The highest BCUT2D eigenvalue weighted by Gasteiger charge is 2.28. The maximum Gasteiger partial charge on any atom is 0.253 e. The number of anilines is 1. The molecule has 0 aromatic heterocycles. The predicted octanol–water partition coefficient (Wildman–Crippen LogP) is 3.07. The molecule has 4 rings (SSSR count). The van der Waals surface area contributed by atoms with Gasteiger partial charge in [0.2, 0.25) is 0 Å². The molecule has 24 heavy (non-hydrogen) atoms. The van der Waals surface area contributed by atoms with Crippen LogP contribution in [0.5, 0.6) is 5.75 Å². The van der Waals surface area contributed by atoms with Crippen LogP contribution in [0.4, 0.5) is 5.69 Å². The molecule has 2 aromatic carbocycles. The Hall–Kier alpha value is -2.59. The Labute approximate surface area is 141 Å². The number of morpholine rings is 1. The summed E-state index contributed by atoms with van der Waals surface area (Å²) in [5.74, 6) is 0.869. The fourth-order valence-corrected chi connectivity index (χ4v) is 3.15. The standard InChI is InChI=1S/C20H19NO3/c22-20-14-23-17(12-21(20)16-8-2-1-3-9-16)13-24-19-11-5-7-15-6-4-10-18(15)19/h1-5,7-11,17H,6,12-14H2/t17-/m0/s1. The first-order valence-corrected chi connectivity index (χ1v) is 8.19. The van der Waals surface area contributed by atoms with Crippen LogP contribution in [0.1, 0.15) is 11.1 Å². The average Bonchev–Trinajstić information content (AvgIpc) is 3.11. The number of rotatable bonds is 4. The van der Waals surface area contributed by atoms with E-state index in [0.717, 1.165) is 23.4 Å². The summed E-state index contributed by atoms with van der Waals surface area (Å²) >= 11 is 0. The van der Waals surface area contributed by atoms with Gasteiger partial charge in [-0.1, -0.05) is 42.5 Å². The lowest BCUT2D eigenvalue weighted by Gasteiger charge is -2.32. The highest BCUT2D eigenvalue weighted by molar-refractivity contribution is 5.94. The van der Waals surface area contributed by atoms with Crippen molar-refractivity contribution in [2.75, 3.05) is 24.7 Å². The zero-order valence-corrected chi connectivity index (χ0v) is 13.4. The van der Waals surface area contributed by atoms with Crippen LogP contribution in [0.15, 0.2) is 54.6 Å². The Balaban J connectivity index is 1.43. The third kappa shape index (κ3) is 2.93. The molecule has 1 fully saturated rings. The molecule has 1 saturated heterocycles. The van der Waals surface area contributed by atoms with Gasteiger partial charge in [0.05, 0.1) is 6.54 Å². The lowest BCUT2D eigenvalue weighted by atomic mass is 10.1. The lowest BCUT2D eigenvalue weighted by Crippen LogP contribution is -2.48. The van der Waals surface area contributed by atoms with Gasteiger partial charge >= 0.3 is 0 Å². The Bertz CT molecular complexity index is 770. The fourth-order valence-electron chi connectivity index (χ4n) is 3.15. The zero-order chi connectivity index (χ0) is 16.4. The van der Waals surface area contributed by atoms with E-state index in [2.05, 4.69) is 18.2 Å². The van der Waals surface area contributed by atoms with Gasteiger partial charge < -0.3 is 14.4 Å². The molecule has 0 spiro atoms. The minimum absolute atomic E-state index is 0.0130. The van der Waals surface area contributed by atoms with Gasteiger partial charge in [-0.25, -0.2) is 0 Å². The van der Waals surface area contributed by atoms with Gasteiger partial charge in [-0.2, -0.15) is 0 Å². The van der Waals surface area contributed by atoms with Crippen LogP contribution >= 0.6 is 0 Å². The van der Waals surface area contributed by atoms with Crippen molar-refractivity contribution in [1.29, 1.82) is 0 Å². The molecule has 4 nitrogen and oxygen atoms in total. The van der Waals surface area contributed by atoms with E-state index in [0.29, 0.717) is 13.2 Å². The quantitative estimate of drug-likeness (QED) is 0.869. The van der Waals surface area contributed by atoms with Crippen molar-refractivity contribution in [3.8, 4) is 5.75 Å². The number of benzene rings is 2. The molecule has 0 bridgehead atoms. The molecule has 122 valence electrons. The topological polar surface area (TPSA) is 38.8 Å². The number of para-hydroxylation sites is 1. The normalized spacial score (nSPS) is 19.4. The van der Waals surface area contributed by atoms with Gasteiger partial charge in [0.15, 0.2) is 0 Å². The fraction of sp³-hybridized carbons (Fsp3) is 0.250. The first-order valence-electron chi connectivity index (χ1n) is 8.19. The monoisotopic (exact) mass is 321 g/mol. The van der Waals surface area contributed by atoms with E-state index in [1.165, 1.54) is 5.56 Å². The zero-order valence-electron chi connectivity index (χ0n) is 13.4. The Morgan fingerprint density at radius 1 is 1.12 bits per heavy atom. The van der Waals surface area contributed by atoms with Crippen LogP contribution in [0.25, 0.3) is 6.08 Å². The van der Waals surface area contributed by atoms with Gasteiger partial charge in [-0.15, -0.1) is 0 Å². The summed E-state index contributed by atoms with van der Waals surface area (Å²) in [5.41, 5.74) is 3.35. The molecular weight excluding hydrogens is 302 g/mol. The molecule has 0 saturated carbocycles. The van der Waals surface area contributed by atoms with Crippen molar-refractivity contribution in [3.05, 3.63) is 65.7 Å². The van der Waals surface area contributed by atoms with Gasteiger partial charge in [0.1, 0.15) is 25.1 Å². The third-order valence-corrected chi connectivity index (χ3v) is 4.40. The molecule has 1 aliphatic heterocycles. The number of allylic oxidation sites excluding steroid dienone is 1. The van der Waals surface area contributed by atoms with Crippen LogP contribution in [0.2, 0.25) is 0 Å². The summed E-state index contributed by atoms with van der Waals surface area (Å²) in [6.07, 6.45) is 5.07. The Morgan fingerprint density at radius 3 is 2.88 bits per heavy atom. The largest absolute Gasteiger partial charge is 0.490 e. The van der Waals surface area contributed by atoms with Crippen LogP contribution in [0, 0.1) is 0 Å². The second-order valence-corrected chi connectivity index (χ2v) is 6.02.